The van der Waals surface area contributed by atoms with E-state index >= 15 is 0 Å². The van der Waals surface area contributed by atoms with E-state index in [-0.39, 0.29) is 17.2 Å². The van der Waals surface area contributed by atoms with E-state index < -0.39 is 5.97 Å². The number of oxazole rings is 1. The highest BCUT2D eigenvalue weighted by atomic mass is 16.5. The van der Waals surface area contributed by atoms with Crippen molar-refractivity contribution < 1.29 is 13.9 Å². The zero-order valence-electron chi connectivity index (χ0n) is 16.7. The van der Waals surface area contributed by atoms with Crippen molar-refractivity contribution in [3.05, 3.63) is 70.4 Å². The van der Waals surface area contributed by atoms with Gasteiger partial charge in [-0.3, -0.25) is 14.7 Å². The minimum Gasteiger partial charge on any atom is -0.464 e. The van der Waals surface area contributed by atoms with Gasteiger partial charge in [0.2, 0.25) is 5.89 Å². The van der Waals surface area contributed by atoms with Gasteiger partial charge in [-0.2, -0.15) is 0 Å². The van der Waals surface area contributed by atoms with Crippen LogP contribution in [0.3, 0.4) is 0 Å². The Labute approximate surface area is 173 Å². The molecule has 30 heavy (non-hydrogen) atoms. The monoisotopic (exact) mass is 406 g/mol. The van der Waals surface area contributed by atoms with E-state index in [9.17, 15) is 9.59 Å². The fourth-order valence-corrected chi connectivity index (χ4v) is 4.64. The highest BCUT2D eigenvalue weighted by Gasteiger charge is 2.35. The van der Waals surface area contributed by atoms with Crippen LogP contribution in [0.1, 0.15) is 34.4 Å². The second kappa shape index (κ2) is 7.53. The summed E-state index contributed by atoms with van der Waals surface area (Å²) in [6.45, 7) is 2.90. The minimum atomic E-state index is -0.504. The molecule has 2 aliphatic heterocycles. The maximum atomic E-state index is 12.8. The van der Waals surface area contributed by atoms with Gasteiger partial charge in [-0.05, 0) is 30.5 Å². The van der Waals surface area contributed by atoms with Gasteiger partial charge in [-0.25, -0.2) is 9.78 Å². The molecule has 0 amide bonds. The van der Waals surface area contributed by atoms with Crippen molar-refractivity contribution in [1.82, 2.24) is 19.4 Å². The van der Waals surface area contributed by atoms with Gasteiger partial charge in [0, 0.05) is 49.1 Å². The number of aromatic nitrogens is 3. The summed E-state index contributed by atoms with van der Waals surface area (Å²) in [6, 6.07) is 9.51. The molecule has 0 unspecified atom stereocenters. The second-order valence-corrected chi connectivity index (χ2v) is 7.94. The summed E-state index contributed by atoms with van der Waals surface area (Å²) >= 11 is 0. The van der Waals surface area contributed by atoms with Crippen molar-refractivity contribution in [2.24, 2.45) is 5.92 Å². The fraction of sp³-hybridized carbons (Fsp3) is 0.364. The Morgan fingerprint density at radius 1 is 1.27 bits per heavy atom. The van der Waals surface area contributed by atoms with Crippen molar-refractivity contribution in [3.8, 4) is 11.3 Å². The van der Waals surface area contributed by atoms with E-state index in [0.29, 0.717) is 24.9 Å². The van der Waals surface area contributed by atoms with Crippen molar-refractivity contribution in [2.45, 2.75) is 25.4 Å². The van der Waals surface area contributed by atoms with Gasteiger partial charge < -0.3 is 13.7 Å². The van der Waals surface area contributed by atoms with Crippen molar-refractivity contribution in [2.75, 3.05) is 20.2 Å². The molecule has 5 rings (SSSR count). The van der Waals surface area contributed by atoms with Gasteiger partial charge in [-0.1, -0.05) is 6.07 Å². The third-order valence-corrected chi connectivity index (χ3v) is 5.90. The highest BCUT2D eigenvalue weighted by Crippen LogP contribution is 2.36. The third kappa shape index (κ3) is 3.43. The van der Waals surface area contributed by atoms with Crippen LogP contribution in [0.4, 0.5) is 0 Å². The number of esters is 1. The fourth-order valence-electron chi connectivity index (χ4n) is 4.64. The average molecular weight is 406 g/mol. The van der Waals surface area contributed by atoms with Crippen LogP contribution in [-0.4, -0.2) is 45.6 Å². The smallest absolute Gasteiger partial charge is 0.360 e. The Balaban J connectivity index is 1.40. The minimum absolute atomic E-state index is 0.0340. The Kier molecular flexibility index (Phi) is 4.71. The maximum absolute atomic E-state index is 12.8. The lowest BCUT2D eigenvalue weighted by atomic mass is 9.82. The van der Waals surface area contributed by atoms with Crippen molar-refractivity contribution >= 4 is 5.97 Å². The predicted octanol–water partition coefficient (Wildman–Crippen LogP) is 2.30. The third-order valence-electron chi connectivity index (χ3n) is 5.90. The molecule has 0 radical (unpaired) electrons. The number of methoxy groups -OCH3 is 1. The zero-order chi connectivity index (χ0) is 20.7. The lowest BCUT2D eigenvalue weighted by Gasteiger charge is -2.42. The van der Waals surface area contributed by atoms with Gasteiger partial charge in [0.1, 0.15) is 6.26 Å². The highest BCUT2D eigenvalue weighted by molar-refractivity contribution is 5.86. The van der Waals surface area contributed by atoms with Gasteiger partial charge in [0.15, 0.2) is 5.69 Å². The first-order valence-electron chi connectivity index (χ1n) is 10.0. The molecule has 0 saturated carbocycles. The molecule has 0 N–H and O–H groups in total. The Bertz CT molecular complexity index is 1140. The van der Waals surface area contributed by atoms with Crippen LogP contribution < -0.4 is 5.56 Å². The molecule has 2 aliphatic rings. The van der Waals surface area contributed by atoms with Gasteiger partial charge in [0.05, 0.1) is 19.3 Å². The summed E-state index contributed by atoms with van der Waals surface area (Å²) in [5.74, 6) is 0.638. The van der Waals surface area contributed by atoms with Crippen molar-refractivity contribution in [3.63, 3.8) is 0 Å². The number of piperidine rings is 1. The Morgan fingerprint density at radius 3 is 2.97 bits per heavy atom. The molecule has 5 heterocycles. The normalized spacial score (nSPS) is 20.6. The molecule has 154 valence electrons. The average Bonchev–Trinajstić information content (AvgIpc) is 3.23. The summed E-state index contributed by atoms with van der Waals surface area (Å²) in [4.78, 5) is 35.3. The molecular formula is C22H22N4O4. The van der Waals surface area contributed by atoms with Gasteiger partial charge >= 0.3 is 5.97 Å². The summed E-state index contributed by atoms with van der Waals surface area (Å²) in [5.41, 5.74) is 2.95. The molecule has 0 aliphatic carbocycles. The molecule has 3 aromatic heterocycles. The lowest BCUT2D eigenvalue weighted by molar-refractivity contribution is 0.0593. The number of fused-ring (bicyclic) bond motifs is 4. The van der Waals surface area contributed by atoms with E-state index in [4.69, 9.17) is 4.42 Å². The molecule has 0 aromatic carbocycles. The number of pyridine rings is 2. The molecule has 8 heteroatoms. The van der Waals surface area contributed by atoms with Crippen LogP contribution in [0.5, 0.6) is 0 Å². The number of likely N-dealkylation sites (tertiary alicyclic amines) is 1. The number of hydrogen-bond donors (Lipinski definition) is 0. The second-order valence-electron chi connectivity index (χ2n) is 7.94. The first kappa shape index (κ1) is 18.7. The quantitative estimate of drug-likeness (QED) is 0.614. The molecule has 8 nitrogen and oxygen atoms in total. The predicted molar refractivity (Wildman–Crippen MR) is 108 cm³/mol. The van der Waals surface area contributed by atoms with Gasteiger partial charge in [-0.15, -0.1) is 0 Å². The number of nitrogens with zero attached hydrogens (tertiary/aromatic N) is 4. The largest absolute Gasteiger partial charge is 0.464 e. The van der Waals surface area contributed by atoms with Crippen LogP contribution in [0.15, 0.2) is 52.0 Å². The van der Waals surface area contributed by atoms with Crippen LogP contribution >= 0.6 is 0 Å². The van der Waals surface area contributed by atoms with E-state index in [1.807, 2.05) is 22.8 Å². The van der Waals surface area contributed by atoms with Crippen molar-refractivity contribution in [1.29, 1.82) is 0 Å². The molecule has 3 aromatic rings. The molecule has 0 spiro atoms. The summed E-state index contributed by atoms with van der Waals surface area (Å²) in [5, 5.41) is 0. The maximum Gasteiger partial charge on any atom is 0.360 e. The number of hydrogen-bond acceptors (Lipinski definition) is 7. The number of carbonyl (C=O) groups excluding carboxylic acids is 1. The van der Waals surface area contributed by atoms with E-state index in [0.717, 1.165) is 36.5 Å². The summed E-state index contributed by atoms with van der Waals surface area (Å²) in [6.07, 6.45) is 4.13. The molecule has 1 fully saturated rings. The summed E-state index contributed by atoms with van der Waals surface area (Å²) < 4.78 is 12.1. The first-order valence-corrected chi connectivity index (χ1v) is 10.0. The standard InChI is InChI=1S/C22H22N4O4/c1-29-22(28)18-13-30-20(24-18)12-25-9-14-6-16(11-25)19-7-15(8-21(27)26(19)10-14)17-4-2-3-5-23-17/h2-5,7-8,13-14,16H,6,9-12H2,1H3/t14-,16+/m0/s1. The van der Waals surface area contributed by atoms with Crippen LogP contribution in [-0.2, 0) is 17.8 Å². The molecule has 2 atom stereocenters. The van der Waals surface area contributed by atoms with Crippen LogP contribution in [0, 0.1) is 5.92 Å². The summed E-state index contributed by atoms with van der Waals surface area (Å²) in [7, 11) is 1.32. The number of rotatable bonds is 4. The van der Waals surface area contributed by atoms with E-state index in [2.05, 4.69) is 25.7 Å². The van der Waals surface area contributed by atoms with Gasteiger partial charge in [0.25, 0.3) is 5.56 Å². The SMILES string of the molecule is COC(=O)c1coc(CN2C[C@@H]3C[C@H](C2)c2cc(-c4ccccn4)cc(=O)n2C3)n1. The number of ether oxygens (including phenoxy) is 1. The van der Waals surface area contributed by atoms with Crippen LogP contribution in [0.2, 0.25) is 0 Å². The zero-order valence-corrected chi connectivity index (χ0v) is 16.7. The number of carbonyl (C=O) groups is 1. The topological polar surface area (TPSA) is 90.5 Å². The lowest BCUT2D eigenvalue weighted by Crippen LogP contribution is -2.46. The first-order chi connectivity index (χ1) is 14.6. The van der Waals surface area contributed by atoms with Crippen LogP contribution in [0.25, 0.3) is 11.3 Å². The molecular weight excluding hydrogens is 384 g/mol. The van der Waals surface area contributed by atoms with E-state index in [1.165, 1.54) is 13.4 Å². The molecule has 1 saturated heterocycles. The molecule has 2 bridgehead atoms. The Hall–Kier alpha value is -3.26. The Morgan fingerprint density at radius 2 is 2.17 bits per heavy atom. The van der Waals surface area contributed by atoms with E-state index in [1.54, 1.807) is 12.3 Å².